The molecule has 1 atom stereocenters. The van der Waals surface area contributed by atoms with Gasteiger partial charge in [0.2, 0.25) is 0 Å². The summed E-state index contributed by atoms with van der Waals surface area (Å²) in [6, 6.07) is 14.1. The van der Waals surface area contributed by atoms with E-state index in [9.17, 15) is 14.7 Å². The van der Waals surface area contributed by atoms with Crippen LogP contribution in [0.15, 0.2) is 54.6 Å². The van der Waals surface area contributed by atoms with Gasteiger partial charge in [-0.05, 0) is 24.6 Å². The van der Waals surface area contributed by atoms with Crippen LogP contribution in [0.3, 0.4) is 0 Å². The molecule has 24 heavy (non-hydrogen) atoms. The van der Waals surface area contributed by atoms with Gasteiger partial charge in [0.15, 0.2) is 5.78 Å². The molecule has 2 rings (SSSR count). The maximum Gasteiger partial charge on any atom is 0.341 e. The van der Waals surface area contributed by atoms with Gasteiger partial charge >= 0.3 is 5.97 Å². The zero-order valence-corrected chi connectivity index (χ0v) is 13.7. The van der Waals surface area contributed by atoms with Crippen molar-refractivity contribution in [1.29, 1.82) is 0 Å². The third-order valence-corrected chi connectivity index (χ3v) is 3.59. The molecule has 1 N–H and O–H groups in total. The Bertz CT molecular complexity index is 747. The van der Waals surface area contributed by atoms with Crippen molar-refractivity contribution >= 4 is 17.8 Å². The second-order valence-corrected chi connectivity index (χ2v) is 5.34. The zero-order chi connectivity index (χ0) is 17.5. The molecule has 0 fully saturated rings. The number of carbonyl (C=O) groups is 2. The molecular weight excluding hydrogens is 304 g/mol. The summed E-state index contributed by atoms with van der Waals surface area (Å²) in [5.74, 6) is -1.67. The summed E-state index contributed by atoms with van der Waals surface area (Å²) in [5.41, 5.74) is 1.11. The zero-order valence-electron chi connectivity index (χ0n) is 13.7. The van der Waals surface area contributed by atoms with Crippen LogP contribution >= 0.6 is 0 Å². The van der Waals surface area contributed by atoms with E-state index in [0.717, 1.165) is 5.56 Å². The normalized spacial score (nSPS) is 12.1. The topological polar surface area (TPSA) is 63.6 Å². The minimum Gasteiger partial charge on any atom is -0.506 e. The number of benzene rings is 2. The number of allylic oxidation sites excluding steroid dienone is 1. The number of hydrogen-bond acceptors (Lipinski definition) is 4. The Labute approximate surface area is 141 Å². The third-order valence-electron chi connectivity index (χ3n) is 3.59. The number of para-hydroxylation sites is 1. The number of phenolic OH excluding ortho intramolecular Hbond substituents is 1. The van der Waals surface area contributed by atoms with E-state index in [1.54, 1.807) is 26.0 Å². The highest BCUT2D eigenvalue weighted by Gasteiger charge is 2.21. The smallest absolute Gasteiger partial charge is 0.341 e. The molecule has 0 amide bonds. The van der Waals surface area contributed by atoms with Gasteiger partial charge in [-0.3, -0.25) is 4.79 Å². The fourth-order valence-corrected chi connectivity index (χ4v) is 2.27. The minimum atomic E-state index is -0.642. The number of hydrogen-bond donors (Lipinski definition) is 1. The Hall–Kier alpha value is -2.88. The molecule has 0 radical (unpaired) electrons. The summed E-state index contributed by atoms with van der Waals surface area (Å²) >= 11 is 0. The van der Waals surface area contributed by atoms with E-state index < -0.39 is 11.9 Å². The van der Waals surface area contributed by atoms with Crippen LogP contribution < -0.4 is 0 Å². The maximum atomic E-state index is 12.6. The molecule has 0 aliphatic carbocycles. The molecule has 0 bridgehead atoms. The lowest BCUT2D eigenvalue weighted by Gasteiger charge is -2.10. The molecule has 0 aliphatic heterocycles. The first kappa shape index (κ1) is 17.5. The summed E-state index contributed by atoms with van der Waals surface area (Å²) in [6.07, 6.45) is 3.63. The molecular formula is C20H20O4. The number of phenols is 1. The molecule has 0 spiro atoms. The van der Waals surface area contributed by atoms with Crippen LogP contribution in [0.2, 0.25) is 0 Å². The fourth-order valence-electron chi connectivity index (χ4n) is 2.27. The summed E-state index contributed by atoms with van der Waals surface area (Å²) in [5, 5.41) is 10.2. The van der Waals surface area contributed by atoms with Crippen molar-refractivity contribution in [3.05, 3.63) is 71.3 Å². The minimum absolute atomic E-state index is 0.00180. The highest BCUT2D eigenvalue weighted by molar-refractivity contribution is 6.05. The van der Waals surface area contributed by atoms with Gasteiger partial charge < -0.3 is 9.84 Å². The highest BCUT2D eigenvalue weighted by atomic mass is 16.5. The van der Waals surface area contributed by atoms with Crippen molar-refractivity contribution in [2.45, 2.75) is 13.8 Å². The Kier molecular flexibility index (Phi) is 5.90. The molecule has 0 aliphatic rings. The van der Waals surface area contributed by atoms with E-state index in [2.05, 4.69) is 0 Å². The Morgan fingerprint density at radius 2 is 1.75 bits per heavy atom. The molecule has 4 heteroatoms. The lowest BCUT2D eigenvalue weighted by atomic mass is 9.95. The first-order valence-electron chi connectivity index (χ1n) is 7.81. The Morgan fingerprint density at radius 1 is 1.08 bits per heavy atom. The van der Waals surface area contributed by atoms with Gasteiger partial charge in [0.25, 0.3) is 0 Å². The Balaban J connectivity index is 2.21. The standard InChI is InChI=1S/C20H20O4/c1-3-24-20(23)17-11-7-10-16(19(17)22)18(21)14(2)12-13-15-8-5-4-6-9-15/h4-14,22H,3H2,1-2H3/b13-12+. The van der Waals surface area contributed by atoms with Crippen molar-refractivity contribution in [3.8, 4) is 5.75 Å². The quantitative estimate of drug-likeness (QED) is 0.642. The number of ether oxygens (including phenoxy) is 1. The predicted octanol–water partition coefficient (Wildman–Crippen LogP) is 4.10. The molecule has 0 heterocycles. The van der Waals surface area contributed by atoms with E-state index in [0.29, 0.717) is 0 Å². The average Bonchev–Trinajstić information content (AvgIpc) is 2.60. The molecule has 0 aromatic heterocycles. The van der Waals surface area contributed by atoms with Crippen LogP contribution in [-0.4, -0.2) is 23.5 Å². The van der Waals surface area contributed by atoms with Crippen LogP contribution in [0, 0.1) is 5.92 Å². The fraction of sp³-hybridized carbons (Fsp3) is 0.200. The van der Waals surface area contributed by atoms with Gasteiger partial charge in [0.05, 0.1) is 12.2 Å². The summed E-state index contributed by atoms with van der Waals surface area (Å²) < 4.78 is 4.89. The molecule has 4 nitrogen and oxygen atoms in total. The first-order chi connectivity index (χ1) is 11.5. The lowest BCUT2D eigenvalue weighted by molar-refractivity contribution is 0.0523. The van der Waals surface area contributed by atoms with E-state index in [-0.39, 0.29) is 29.3 Å². The molecule has 2 aromatic carbocycles. The van der Waals surface area contributed by atoms with E-state index in [4.69, 9.17) is 4.74 Å². The van der Waals surface area contributed by atoms with E-state index in [1.165, 1.54) is 12.1 Å². The number of Topliss-reactive ketones (excluding diaryl/α,β-unsaturated/α-hetero) is 1. The summed E-state index contributed by atoms with van der Waals surface area (Å²) in [6.45, 7) is 3.63. The van der Waals surface area contributed by atoms with Gasteiger partial charge in [-0.2, -0.15) is 0 Å². The molecule has 2 aromatic rings. The number of rotatable bonds is 6. The number of esters is 1. The van der Waals surface area contributed by atoms with Gasteiger partial charge in [0.1, 0.15) is 11.3 Å². The van der Waals surface area contributed by atoms with E-state index >= 15 is 0 Å². The largest absolute Gasteiger partial charge is 0.506 e. The van der Waals surface area contributed by atoms with Gasteiger partial charge in [0, 0.05) is 5.92 Å². The number of ketones is 1. The van der Waals surface area contributed by atoms with Crippen molar-refractivity contribution in [1.82, 2.24) is 0 Å². The summed E-state index contributed by atoms with van der Waals surface area (Å²) in [4.78, 5) is 24.4. The second-order valence-electron chi connectivity index (χ2n) is 5.34. The highest BCUT2D eigenvalue weighted by Crippen LogP contribution is 2.26. The van der Waals surface area contributed by atoms with Gasteiger partial charge in [-0.15, -0.1) is 0 Å². The third kappa shape index (κ3) is 4.10. The number of aromatic hydroxyl groups is 1. The monoisotopic (exact) mass is 324 g/mol. The van der Waals surface area contributed by atoms with Crippen molar-refractivity contribution < 1.29 is 19.4 Å². The summed E-state index contributed by atoms with van der Waals surface area (Å²) in [7, 11) is 0. The SMILES string of the molecule is CCOC(=O)c1cccc(C(=O)C(C)/C=C/c2ccccc2)c1O. The van der Waals surface area contributed by atoms with Crippen molar-refractivity contribution in [3.63, 3.8) is 0 Å². The van der Waals surface area contributed by atoms with Crippen LogP contribution in [0.1, 0.15) is 40.1 Å². The van der Waals surface area contributed by atoms with Crippen LogP contribution in [0.25, 0.3) is 6.08 Å². The second kappa shape index (κ2) is 8.11. The predicted molar refractivity (Wildman–Crippen MR) is 93.0 cm³/mol. The van der Waals surface area contributed by atoms with Crippen molar-refractivity contribution in [2.24, 2.45) is 5.92 Å². The van der Waals surface area contributed by atoms with Gasteiger partial charge in [-0.25, -0.2) is 4.79 Å². The Morgan fingerprint density at radius 3 is 2.42 bits per heavy atom. The average molecular weight is 324 g/mol. The van der Waals surface area contributed by atoms with Gasteiger partial charge in [-0.1, -0.05) is 55.5 Å². The van der Waals surface area contributed by atoms with E-state index in [1.807, 2.05) is 36.4 Å². The van der Waals surface area contributed by atoms with Crippen LogP contribution in [0.5, 0.6) is 5.75 Å². The maximum absolute atomic E-state index is 12.6. The molecule has 0 saturated carbocycles. The number of carbonyl (C=O) groups excluding carboxylic acids is 2. The lowest BCUT2D eigenvalue weighted by Crippen LogP contribution is -2.12. The molecule has 0 saturated heterocycles. The molecule has 1 unspecified atom stereocenters. The van der Waals surface area contributed by atoms with Crippen LogP contribution in [-0.2, 0) is 4.74 Å². The van der Waals surface area contributed by atoms with Crippen molar-refractivity contribution in [2.75, 3.05) is 6.61 Å². The molecule has 124 valence electrons. The first-order valence-corrected chi connectivity index (χ1v) is 7.81. The van der Waals surface area contributed by atoms with Crippen LogP contribution in [0.4, 0.5) is 0 Å².